The summed E-state index contributed by atoms with van der Waals surface area (Å²) in [6, 6.07) is 35.0. The van der Waals surface area contributed by atoms with Crippen LogP contribution in [0.1, 0.15) is 64.0 Å². The monoisotopic (exact) mass is 823 g/mol. The zero-order valence-electron chi connectivity index (χ0n) is 34.4. The Kier molecular flexibility index (Phi) is 14.9. The predicted molar refractivity (Wildman–Crippen MR) is 226 cm³/mol. The molecule has 0 radical (unpaired) electrons. The number of ether oxygens (including phenoxy) is 3. The summed E-state index contributed by atoms with van der Waals surface area (Å²) in [5, 5.41) is 9.65. The molecule has 0 bridgehead atoms. The summed E-state index contributed by atoms with van der Waals surface area (Å²) in [7, 11) is -4.47. The highest BCUT2D eigenvalue weighted by Gasteiger charge is 2.39. The smallest absolute Gasteiger partial charge is 0.408 e. The molecule has 4 aromatic carbocycles. The van der Waals surface area contributed by atoms with Gasteiger partial charge in [0.25, 0.3) is 0 Å². The van der Waals surface area contributed by atoms with Crippen LogP contribution >= 0.6 is 7.37 Å². The summed E-state index contributed by atoms with van der Waals surface area (Å²) in [5.74, 6) is -3.01. The number of aromatic nitrogens is 1. The Hall–Kier alpha value is -5.71. The highest BCUT2D eigenvalue weighted by Crippen LogP contribution is 2.48. The molecule has 312 valence electrons. The first-order chi connectivity index (χ1) is 27.9. The first-order valence-corrected chi connectivity index (χ1v) is 21.5. The molecule has 0 aliphatic rings. The Balaban J connectivity index is 1.44. The van der Waals surface area contributed by atoms with Crippen LogP contribution in [0.5, 0.6) is 5.75 Å². The van der Waals surface area contributed by atoms with Crippen molar-refractivity contribution in [3.05, 3.63) is 144 Å². The van der Waals surface area contributed by atoms with Gasteiger partial charge in [-0.3, -0.25) is 9.36 Å². The standard InChI is InChI=1S/C46H54N3O9P/c1-45(2,3)56-37-24-22-33(23-25-37)26-40(43(51)57-46(4,5)6)47-42(50)36(28-38-29-39(49-58-38)35-20-14-9-15-21-35)31-59(53,54)41(27-32-16-10-7-11-17-32)48-44(52)55-30-34-18-12-8-13-19-34/h7-25,29,36,40-41H,26-28,30-31H2,1-6H3,(H,47,50)(H,48,52)(H,53,54). The van der Waals surface area contributed by atoms with E-state index in [1.807, 2.05) is 75.4 Å². The summed E-state index contributed by atoms with van der Waals surface area (Å²) < 4.78 is 37.5. The fourth-order valence-electron chi connectivity index (χ4n) is 6.25. The fourth-order valence-corrected chi connectivity index (χ4v) is 8.24. The number of benzene rings is 4. The van der Waals surface area contributed by atoms with E-state index in [-0.39, 0.29) is 31.6 Å². The van der Waals surface area contributed by atoms with E-state index in [0.29, 0.717) is 17.0 Å². The SMILES string of the molecule is CC(C)(C)OC(=O)C(Cc1ccc(OC(C)(C)C)cc1)NC(=O)C(Cc1cc(-c2ccccc2)no1)CP(=O)(O)C(Cc1ccccc1)NC(=O)OCc1ccccc1. The number of esters is 1. The minimum atomic E-state index is -4.47. The molecule has 4 atom stereocenters. The zero-order chi connectivity index (χ0) is 42.6. The van der Waals surface area contributed by atoms with Gasteiger partial charge in [-0.15, -0.1) is 0 Å². The lowest BCUT2D eigenvalue weighted by atomic mass is 10.0. The summed E-state index contributed by atoms with van der Waals surface area (Å²) in [6.45, 7) is 10.9. The number of alkyl carbamates (subject to hydrolysis) is 1. The Labute approximate surface area is 346 Å². The van der Waals surface area contributed by atoms with Crippen LogP contribution in [0.4, 0.5) is 4.79 Å². The molecule has 59 heavy (non-hydrogen) atoms. The molecule has 0 aliphatic carbocycles. The van der Waals surface area contributed by atoms with E-state index in [9.17, 15) is 23.8 Å². The lowest BCUT2D eigenvalue weighted by Crippen LogP contribution is -2.48. The van der Waals surface area contributed by atoms with E-state index in [2.05, 4.69) is 15.8 Å². The normalized spacial score (nSPS) is 14.2. The second-order valence-corrected chi connectivity index (χ2v) is 19.0. The maximum Gasteiger partial charge on any atom is 0.408 e. The van der Waals surface area contributed by atoms with Gasteiger partial charge in [-0.1, -0.05) is 108 Å². The molecule has 12 nitrogen and oxygen atoms in total. The van der Waals surface area contributed by atoms with Crippen LogP contribution in [0.25, 0.3) is 11.3 Å². The molecule has 2 amide bonds. The van der Waals surface area contributed by atoms with Gasteiger partial charge in [0, 0.05) is 37.1 Å². The van der Waals surface area contributed by atoms with E-state index >= 15 is 0 Å². The van der Waals surface area contributed by atoms with Gasteiger partial charge in [0.15, 0.2) is 0 Å². The third-order valence-electron chi connectivity index (χ3n) is 8.98. The molecule has 0 fully saturated rings. The molecule has 1 heterocycles. The molecule has 3 N–H and O–H groups in total. The van der Waals surface area contributed by atoms with Crippen molar-refractivity contribution in [1.29, 1.82) is 0 Å². The fraction of sp³-hybridized carbons (Fsp3) is 0.348. The zero-order valence-corrected chi connectivity index (χ0v) is 35.3. The number of amides is 2. The molecule has 4 unspecified atom stereocenters. The van der Waals surface area contributed by atoms with Gasteiger partial charge in [0.1, 0.15) is 46.8 Å². The Morgan fingerprint density at radius 2 is 1.31 bits per heavy atom. The van der Waals surface area contributed by atoms with Crippen molar-refractivity contribution in [2.75, 3.05) is 6.16 Å². The van der Waals surface area contributed by atoms with Gasteiger partial charge in [-0.25, -0.2) is 9.59 Å². The molecule has 1 aromatic heterocycles. The minimum Gasteiger partial charge on any atom is -0.488 e. The third kappa shape index (κ3) is 14.6. The van der Waals surface area contributed by atoms with Crippen molar-refractivity contribution >= 4 is 25.3 Å². The topological polar surface area (TPSA) is 166 Å². The number of carbonyl (C=O) groups is 3. The number of rotatable bonds is 17. The molecule has 5 aromatic rings. The largest absolute Gasteiger partial charge is 0.488 e. The quantitative estimate of drug-likeness (QED) is 0.0611. The van der Waals surface area contributed by atoms with Crippen molar-refractivity contribution in [1.82, 2.24) is 15.8 Å². The van der Waals surface area contributed by atoms with Crippen molar-refractivity contribution in [2.45, 2.75) is 90.4 Å². The van der Waals surface area contributed by atoms with Gasteiger partial charge in [-0.05, 0) is 70.4 Å². The van der Waals surface area contributed by atoms with Crippen LogP contribution in [-0.2, 0) is 49.5 Å². The minimum absolute atomic E-state index is 0.0285. The van der Waals surface area contributed by atoms with Crippen molar-refractivity contribution in [3.8, 4) is 17.0 Å². The summed E-state index contributed by atoms with van der Waals surface area (Å²) in [6.07, 6.45) is -1.59. The van der Waals surface area contributed by atoms with Gasteiger partial charge in [0.2, 0.25) is 13.3 Å². The molecular formula is C46H54N3O9P. The van der Waals surface area contributed by atoms with Gasteiger partial charge >= 0.3 is 12.1 Å². The van der Waals surface area contributed by atoms with Gasteiger partial charge < -0.3 is 34.3 Å². The van der Waals surface area contributed by atoms with E-state index in [4.69, 9.17) is 18.7 Å². The van der Waals surface area contributed by atoms with Crippen LogP contribution < -0.4 is 15.4 Å². The van der Waals surface area contributed by atoms with Gasteiger partial charge in [0.05, 0.1) is 5.92 Å². The molecule has 5 rings (SSSR count). The number of hydrogen-bond donors (Lipinski definition) is 3. The first-order valence-electron chi connectivity index (χ1n) is 19.6. The van der Waals surface area contributed by atoms with Crippen LogP contribution in [0.3, 0.4) is 0 Å². The van der Waals surface area contributed by atoms with Crippen molar-refractivity contribution < 1.29 is 42.6 Å². The summed E-state index contributed by atoms with van der Waals surface area (Å²) in [4.78, 5) is 53.3. The molecule has 13 heteroatoms. The second-order valence-electron chi connectivity index (χ2n) is 16.5. The maximum atomic E-state index is 14.6. The van der Waals surface area contributed by atoms with E-state index in [0.717, 1.165) is 16.7 Å². The number of hydrogen-bond acceptors (Lipinski definition) is 9. The predicted octanol–water partition coefficient (Wildman–Crippen LogP) is 8.51. The van der Waals surface area contributed by atoms with Gasteiger partial charge in [-0.2, -0.15) is 0 Å². The molecule has 0 aliphatic heterocycles. The molecular weight excluding hydrogens is 769 g/mol. The number of nitrogens with one attached hydrogen (secondary N) is 2. The Morgan fingerprint density at radius 1 is 0.729 bits per heavy atom. The average molecular weight is 824 g/mol. The molecule has 0 saturated heterocycles. The van der Waals surface area contributed by atoms with Crippen LogP contribution in [0, 0.1) is 5.92 Å². The average Bonchev–Trinajstić information content (AvgIpc) is 3.65. The summed E-state index contributed by atoms with van der Waals surface area (Å²) >= 11 is 0. The van der Waals surface area contributed by atoms with E-state index < -0.39 is 60.4 Å². The highest BCUT2D eigenvalue weighted by molar-refractivity contribution is 7.58. The molecule has 0 saturated carbocycles. The summed E-state index contributed by atoms with van der Waals surface area (Å²) in [5.41, 5.74) is 2.15. The number of carbonyl (C=O) groups excluding carboxylic acids is 3. The maximum absolute atomic E-state index is 14.6. The van der Waals surface area contributed by atoms with Crippen LogP contribution in [0.15, 0.2) is 126 Å². The van der Waals surface area contributed by atoms with Crippen LogP contribution in [0.2, 0.25) is 0 Å². The Bertz CT molecular complexity index is 2160. The second kappa shape index (κ2) is 19.8. The van der Waals surface area contributed by atoms with Crippen molar-refractivity contribution in [2.24, 2.45) is 5.92 Å². The highest BCUT2D eigenvalue weighted by atomic mass is 31.2. The lowest BCUT2D eigenvalue weighted by molar-refractivity contribution is -0.158. The first kappa shape index (κ1) is 44.4. The van der Waals surface area contributed by atoms with Crippen LogP contribution in [-0.4, -0.2) is 57.2 Å². The van der Waals surface area contributed by atoms with Crippen molar-refractivity contribution in [3.63, 3.8) is 0 Å². The Morgan fingerprint density at radius 3 is 1.90 bits per heavy atom. The molecule has 0 spiro atoms. The third-order valence-corrected chi connectivity index (χ3v) is 11.2. The van der Waals surface area contributed by atoms with E-state index in [1.54, 1.807) is 87.5 Å². The number of nitrogens with zero attached hydrogens (tertiary/aromatic N) is 1. The van der Waals surface area contributed by atoms with E-state index in [1.165, 1.54) is 0 Å². The lowest BCUT2D eigenvalue weighted by Gasteiger charge is -2.29.